The van der Waals surface area contributed by atoms with Crippen LogP contribution in [0.25, 0.3) is 11.0 Å². The second-order valence-corrected chi connectivity index (χ2v) is 6.02. The van der Waals surface area contributed by atoms with E-state index in [0.29, 0.717) is 10.3 Å². The van der Waals surface area contributed by atoms with Crippen LogP contribution in [0.15, 0.2) is 6.07 Å². The van der Waals surface area contributed by atoms with Crippen molar-refractivity contribution in [3.05, 3.63) is 22.2 Å². The number of aryl methyl sites for hydroxylation is 1. The van der Waals surface area contributed by atoms with Crippen molar-refractivity contribution >= 4 is 34.2 Å². The highest BCUT2D eigenvalue weighted by Gasteiger charge is 2.18. The highest BCUT2D eigenvalue weighted by molar-refractivity contribution is 6.36. The summed E-state index contributed by atoms with van der Waals surface area (Å²) in [6.07, 6.45) is 0. The van der Waals surface area contributed by atoms with Gasteiger partial charge in [0.05, 0.1) is 12.1 Å². The van der Waals surface area contributed by atoms with Crippen LogP contribution >= 0.6 is 23.2 Å². The number of imidazole rings is 1. The first-order valence-electron chi connectivity index (χ1n) is 6.63. The fourth-order valence-electron chi connectivity index (χ4n) is 2.52. The third kappa shape index (κ3) is 2.63. The van der Waals surface area contributed by atoms with Crippen molar-refractivity contribution in [1.82, 2.24) is 24.3 Å². The topological polar surface area (TPSA) is 37.2 Å². The number of aromatic nitrogens is 3. The second kappa shape index (κ2) is 5.48. The summed E-state index contributed by atoms with van der Waals surface area (Å²) in [4.78, 5) is 13.4. The molecule has 0 atom stereocenters. The van der Waals surface area contributed by atoms with Crippen LogP contribution in [0.3, 0.4) is 0 Å². The molecule has 0 amide bonds. The molecule has 2 aromatic rings. The average molecular weight is 314 g/mol. The molecule has 7 heteroatoms. The highest BCUT2D eigenvalue weighted by atomic mass is 35.5. The molecular formula is C13H17Cl2N5. The maximum absolute atomic E-state index is 6.12. The lowest BCUT2D eigenvalue weighted by Crippen LogP contribution is -2.44. The Morgan fingerprint density at radius 1 is 1.10 bits per heavy atom. The monoisotopic (exact) mass is 313 g/mol. The third-order valence-corrected chi connectivity index (χ3v) is 4.31. The lowest BCUT2D eigenvalue weighted by atomic mass is 10.3. The zero-order valence-corrected chi connectivity index (χ0v) is 13.1. The van der Waals surface area contributed by atoms with Crippen LogP contribution in [0, 0.1) is 0 Å². The minimum absolute atomic E-state index is 0.368. The minimum atomic E-state index is 0.368. The van der Waals surface area contributed by atoms with Crippen molar-refractivity contribution in [1.29, 1.82) is 0 Å². The molecule has 1 aliphatic rings. The van der Waals surface area contributed by atoms with E-state index in [0.717, 1.165) is 49.6 Å². The molecule has 1 fully saturated rings. The van der Waals surface area contributed by atoms with Gasteiger partial charge in [-0.15, -0.1) is 0 Å². The number of hydrogen-bond donors (Lipinski definition) is 0. The Morgan fingerprint density at radius 3 is 2.50 bits per heavy atom. The SMILES string of the molecule is CN1CCN(Cc2nc3c(Cl)nc(Cl)cc3n2C)CC1. The normalized spacial score (nSPS) is 18.0. The molecule has 0 radical (unpaired) electrons. The summed E-state index contributed by atoms with van der Waals surface area (Å²) in [6, 6.07) is 1.81. The maximum Gasteiger partial charge on any atom is 0.158 e. The Kier molecular flexibility index (Phi) is 3.86. The molecule has 20 heavy (non-hydrogen) atoms. The van der Waals surface area contributed by atoms with Crippen molar-refractivity contribution in [3.8, 4) is 0 Å². The van der Waals surface area contributed by atoms with E-state index in [1.807, 2.05) is 17.7 Å². The molecule has 0 spiro atoms. The lowest BCUT2D eigenvalue weighted by molar-refractivity contribution is 0.144. The standard InChI is InChI=1S/C13H17Cl2N5/c1-18-3-5-20(6-4-18)8-11-17-12-9(19(11)2)7-10(14)16-13(12)15/h7H,3-6,8H2,1-2H3. The molecule has 0 N–H and O–H groups in total. The summed E-state index contributed by atoms with van der Waals surface area (Å²) >= 11 is 12.1. The Balaban J connectivity index is 1.89. The molecule has 3 heterocycles. The Morgan fingerprint density at radius 2 is 1.80 bits per heavy atom. The van der Waals surface area contributed by atoms with Gasteiger partial charge < -0.3 is 9.47 Å². The Labute approximate surface area is 128 Å². The summed E-state index contributed by atoms with van der Waals surface area (Å²) in [5, 5.41) is 0.768. The predicted molar refractivity (Wildman–Crippen MR) is 81.3 cm³/mol. The molecule has 108 valence electrons. The zero-order valence-electron chi connectivity index (χ0n) is 11.6. The smallest absolute Gasteiger partial charge is 0.158 e. The largest absolute Gasteiger partial charge is 0.330 e. The van der Waals surface area contributed by atoms with E-state index in [-0.39, 0.29) is 0 Å². The summed E-state index contributed by atoms with van der Waals surface area (Å²) in [5.41, 5.74) is 1.65. The fourth-order valence-corrected chi connectivity index (χ4v) is 2.98. The van der Waals surface area contributed by atoms with Gasteiger partial charge in [-0.3, -0.25) is 4.90 Å². The van der Waals surface area contributed by atoms with Crippen molar-refractivity contribution in [2.24, 2.45) is 7.05 Å². The van der Waals surface area contributed by atoms with E-state index in [2.05, 4.69) is 26.8 Å². The fraction of sp³-hybridized carbons (Fsp3) is 0.538. The number of halogens is 2. The van der Waals surface area contributed by atoms with E-state index in [9.17, 15) is 0 Å². The van der Waals surface area contributed by atoms with E-state index >= 15 is 0 Å². The molecular weight excluding hydrogens is 297 g/mol. The van der Waals surface area contributed by atoms with E-state index < -0.39 is 0 Å². The van der Waals surface area contributed by atoms with Gasteiger partial charge in [-0.1, -0.05) is 23.2 Å². The summed E-state index contributed by atoms with van der Waals surface area (Å²) < 4.78 is 2.05. The summed E-state index contributed by atoms with van der Waals surface area (Å²) in [5.74, 6) is 0.996. The quantitative estimate of drug-likeness (QED) is 0.795. The van der Waals surface area contributed by atoms with E-state index in [1.165, 1.54) is 0 Å². The number of fused-ring (bicyclic) bond motifs is 1. The van der Waals surface area contributed by atoms with Gasteiger partial charge in [-0.2, -0.15) is 0 Å². The molecule has 0 aliphatic carbocycles. The number of likely N-dealkylation sites (N-methyl/N-ethyl adjacent to an activating group) is 1. The average Bonchev–Trinajstić information content (AvgIpc) is 2.71. The number of nitrogens with zero attached hydrogens (tertiary/aromatic N) is 5. The van der Waals surface area contributed by atoms with Gasteiger partial charge in [-0.25, -0.2) is 9.97 Å². The number of pyridine rings is 1. The van der Waals surface area contributed by atoms with Crippen LogP contribution in [0.4, 0.5) is 0 Å². The van der Waals surface area contributed by atoms with Gasteiger partial charge in [0.2, 0.25) is 0 Å². The van der Waals surface area contributed by atoms with Crippen molar-refractivity contribution < 1.29 is 0 Å². The Bertz CT molecular complexity index is 631. The van der Waals surface area contributed by atoms with Crippen LogP contribution in [0.2, 0.25) is 10.3 Å². The molecule has 0 aromatic carbocycles. The van der Waals surface area contributed by atoms with Crippen LogP contribution < -0.4 is 0 Å². The van der Waals surface area contributed by atoms with E-state index in [1.54, 1.807) is 0 Å². The lowest BCUT2D eigenvalue weighted by Gasteiger charge is -2.31. The second-order valence-electron chi connectivity index (χ2n) is 5.27. The van der Waals surface area contributed by atoms with Crippen molar-refractivity contribution in [2.45, 2.75) is 6.54 Å². The van der Waals surface area contributed by atoms with Crippen molar-refractivity contribution in [2.75, 3.05) is 33.2 Å². The summed E-state index contributed by atoms with van der Waals surface area (Å²) in [7, 11) is 4.15. The molecule has 1 aliphatic heterocycles. The molecule has 3 rings (SSSR count). The van der Waals surface area contributed by atoms with Gasteiger partial charge in [-0.05, 0) is 7.05 Å². The first-order valence-corrected chi connectivity index (χ1v) is 7.38. The molecule has 0 saturated carbocycles. The molecule has 2 aromatic heterocycles. The summed E-state index contributed by atoms with van der Waals surface area (Å²) in [6.45, 7) is 5.14. The van der Waals surface area contributed by atoms with Gasteiger partial charge in [0.1, 0.15) is 16.5 Å². The number of rotatable bonds is 2. The highest BCUT2D eigenvalue weighted by Crippen LogP contribution is 2.25. The predicted octanol–water partition coefficient (Wildman–Crippen LogP) is 2.02. The zero-order chi connectivity index (χ0) is 14.3. The van der Waals surface area contributed by atoms with Gasteiger partial charge in [0.15, 0.2) is 5.15 Å². The van der Waals surface area contributed by atoms with Crippen LogP contribution in [-0.4, -0.2) is 57.6 Å². The first-order chi connectivity index (χ1) is 9.54. The van der Waals surface area contributed by atoms with Crippen LogP contribution in [-0.2, 0) is 13.6 Å². The molecule has 5 nitrogen and oxygen atoms in total. The van der Waals surface area contributed by atoms with Crippen LogP contribution in [0.1, 0.15) is 5.82 Å². The van der Waals surface area contributed by atoms with E-state index in [4.69, 9.17) is 23.2 Å². The van der Waals surface area contributed by atoms with Gasteiger partial charge in [0.25, 0.3) is 0 Å². The minimum Gasteiger partial charge on any atom is -0.330 e. The first kappa shape index (κ1) is 14.1. The molecule has 0 bridgehead atoms. The van der Waals surface area contributed by atoms with Gasteiger partial charge in [0, 0.05) is 39.3 Å². The van der Waals surface area contributed by atoms with Crippen LogP contribution in [0.5, 0.6) is 0 Å². The Hall–Kier alpha value is -0.880. The molecule has 0 unspecified atom stereocenters. The van der Waals surface area contributed by atoms with Crippen molar-refractivity contribution in [3.63, 3.8) is 0 Å². The number of hydrogen-bond acceptors (Lipinski definition) is 4. The molecule has 1 saturated heterocycles. The third-order valence-electron chi connectivity index (χ3n) is 3.85. The van der Waals surface area contributed by atoms with Gasteiger partial charge >= 0.3 is 0 Å². The number of piperazine rings is 1. The maximum atomic E-state index is 6.12.